The molecule has 12 heavy (non-hydrogen) atoms. The summed E-state index contributed by atoms with van der Waals surface area (Å²) in [4.78, 5) is 0. The summed E-state index contributed by atoms with van der Waals surface area (Å²) < 4.78 is 0. The molecule has 0 radical (unpaired) electrons. The smallest absolute Gasteiger partial charge is 0.202 e. The van der Waals surface area contributed by atoms with Gasteiger partial charge in [0.1, 0.15) is 0 Å². The van der Waals surface area contributed by atoms with Gasteiger partial charge >= 0.3 is 0 Å². The van der Waals surface area contributed by atoms with Crippen molar-refractivity contribution in [3.63, 3.8) is 0 Å². The van der Waals surface area contributed by atoms with Crippen LogP contribution in [0, 0.1) is 10.8 Å². The van der Waals surface area contributed by atoms with Crippen LogP contribution < -0.4 is 33.2 Å². The maximum Gasteiger partial charge on any atom is 0.202 e. The molecule has 0 aromatic carbocycles. The van der Waals surface area contributed by atoms with Crippen LogP contribution in [0.5, 0.6) is 0 Å². The Morgan fingerprint density at radius 1 is 0.917 bits per heavy atom. The number of rotatable bonds is 3. The first kappa shape index (κ1) is 10.5. The standard InChI is InChI=1S/C4H14N8/c5-3(11-7)9-1-2-10-4(6)12-8/h1-2,7-8H2,(H3,5,9,11)(H3,6,10,12). The number of hydrazine groups is 2. The van der Waals surface area contributed by atoms with Gasteiger partial charge in [-0.3, -0.25) is 21.7 Å². The van der Waals surface area contributed by atoms with Gasteiger partial charge in [0.05, 0.1) is 0 Å². The third kappa shape index (κ3) is 5.26. The van der Waals surface area contributed by atoms with Crippen LogP contribution in [-0.4, -0.2) is 25.0 Å². The minimum Gasteiger partial charge on any atom is -0.354 e. The minimum atomic E-state index is 0.0315. The maximum atomic E-state index is 7.00. The Hall–Kier alpha value is -1.54. The third-order valence-corrected chi connectivity index (χ3v) is 1.02. The Kier molecular flexibility index (Phi) is 5.39. The van der Waals surface area contributed by atoms with Crippen LogP contribution in [0.4, 0.5) is 0 Å². The molecule has 0 aromatic rings. The topological polar surface area (TPSA) is 148 Å². The maximum absolute atomic E-state index is 7.00. The predicted octanol–water partition coefficient (Wildman–Crippen LogP) is -3.04. The summed E-state index contributed by atoms with van der Waals surface area (Å²) in [7, 11) is 0. The lowest BCUT2D eigenvalue weighted by Gasteiger charge is -2.08. The third-order valence-electron chi connectivity index (χ3n) is 1.02. The normalized spacial score (nSPS) is 8.50. The number of nitrogens with two attached hydrogens (primary N) is 2. The van der Waals surface area contributed by atoms with Gasteiger partial charge in [-0.2, -0.15) is 0 Å². The fraction of sp³-hybridized carbons (Fsp3) is 0.500. The summed E-state index contributed by atoms with van der Waals surface area (Å²) >= 11 is 0. The second-order valence-corrected chi connectivity index (χ2v) is 1.89. The Bertz CT molecular complexity index is 135. The molecule has 0 aliphatic rings. The minimum absolute atomic E-state index is 0.0315. The van der Waals surface area contributed by atoms with E-state index in [1.807, 2.05) is 0 Å². The molecule has 0 unspecified atom stereocenters. The van der Waals surface area contributed by atoms with Gasteiger partial charge in [-0.1, -0.05) is 0 Å². The van der Waals surface area contributed by atoms with Gasteiger partial charge in [0, 0.05) is 13.1 Å². The van der Waals surface area contributed by atoms with E-state index in [9.17, 15) is 0 Å². The van der Waals surface area contributed by atoms with Crippen molar-refractivity contribution in [2.75, 3.05) is 13.1 Å². The summed E-state index contributed by atoms with van der Waals surface area (Å²) in [6.07, 6.45) is 0. The Labute approximate surface area is 70.0 Å². The number of hydrogen-bond acceptors (Lipinski definition) is 4. The molecule has 0 aliphatic heterocycles. The summed E-state index contributed by atoms with van der Waals surface area (Å²) in [5.74, 6) is 9.88. The van der Waals surface area contributed by atoms with Gasteiger partial charge in [0.2, 0.25) is 11.9 Å². The van der Waals surface area contributed by atoms with Crippen LogP contribution in [0.2, 0.25) is 0 Å². The summed E-state index contributed by atoms with van der Waals surface area (Å²) in [5, 5.41) is 19.3. The first-order chi connectivity index (χ1) is 5.70. The van der Waals surface area contributed by atoms with E-state index in [1.54, 1.807) is 0 Å². The molecule has 70 valence electrons. The largest absolute Gasteiger partial charge is 0.354 e. The van der Waals surface area contributed by atoms with E-state index in [-0.39, 0.29) is 11.9 Å². The quantitative estimate of drug-likeness (QED) is 0.0749. The van der Waals surface area contributed by atoms with E-state index in [2.05, 4.69) is 21.5 Å². The van der Waals surface area contributed by atoms with E-state index in [0.29, 0.717) is 13.1 Å². The van der Waals surface area contributed by atoms with Crippen molar-refractivity contribution < 1.29 is 0 Å². The van der Waals surface area contributed by atoms with E-state index >= 15 is 0 Å². The first-order valence-electron chi connectivity index (χ1n) is 3.28. The van der Waals surface area contributed by atoms with Gasteiger partial charge in [0.15, 0.2) is 0 Å². The molecule has 0 atom stereocenters. The molecule has 0 heterocycles. The molecular formula is C4H14N8. The van der Waals surface area contributed by atoms with Gasteiger partial charge in [-0.15, -0.1) is 0 Å². The highest BCUT2D eigenvalue weighted by Gasteiger charge is 1.91. The molecule has 0 saturated heterocycles. The lowest BCUT2D eigenvalue weighted by Crippen LogP contribution is -2.46. The van der Waals surface area contributed by atoms with Gasteiger partial charge in [-0.05, 0) is 0 Å². The lowest BCUT2D eigenvalue weighted by atomic mass is 10.6. The highest BCUT2D eigenvalue weighted by molar-refractivity contribution is 5.76. The van der Waals surface area contributed by atoms with E-state index in [1.165, 1.54) is 0 Å². The monoisotopic (exact) mass is 174 g/mol. The SMILES string of the molecule is N=C(NN)NCCNC(=N)NN. The number of hydrogen-bond donors (Lipinski definition) is 8. The van der Waals surface area contributed by atoms with Crippen molar-refractivity contribution in [1.29, 1.82) is 10.8 Å². The van der Waals surface area contributed by atoms with E-state index in [4.69, 9.17) is 22.5 Å². The fourth-order valence-electron chi connectivity index (χ4n) is 0.477. The van der Waals surface area contributed by atoms with Crippen molar-refractivity contribution in [1.82, 2.24) is 21.5 Å². The molecule has 10 N–H and O–H groups in total. The van der Waals surface area contributed by atoms with E-state index in [0.717, 1.165) is 0 Å². The predicted molar refractivity (Wildman–Crippen MR) is 46.1 cm³/mol. The number of guanidine groups is 2. The second-order valence-electron chi connectivity index (χ2n) is 1.89. The van der Waals surface area contributed by atoms with Gasteiger partial charge in [0.25, 0.3) is 0 Å². The molecule has 0 aromatic heterocycles. The van der Waals surface area contributed by atoms with Crippen molar-refractivity contribution in [3.8, 4) is 0 Å². The zero-order valence-electron chi connectivity index (χ0n) is 6.57. The zero-order chi connectivity index (χ0) is 9.40. The average Bonchev–Trinajstić information content (AvgIpc) is 2.11. The Morgan fingerprint density at radius 3 is 1.50 bits per heavy atom. The van der Waals surface area contributed by atoms with Crippen molar-refractivity contribution in [2.24, 2.45) is 11.7 Å². The fourth-order valence-corrected chi connectivity index (χ4v) is 0.477. The van der Waals surface area contributed by atoms with Crippen molar-refractivity contribution in [2.45, 2.75) is 0 Å². The van der Waals surface area contributed by atoms with Crippen LogP contribution in [0.3, 0.4) is 0 Å². The molecule has 0 saturated carbocycles. The highest BCUT2D eigenvalue weighted by Crippen LogP contribution is 1.58. The lowest BCUT2D eigenvalue weighted by molar-refractivity contribution is 0.757. The van der Waals surface area contributed by atoms with Crippen molar-refractivity contribution in [3.05, 3.63) is 0 Å². The van der Waals surface area contributed by atoms with Crippen LogP contribution in [0.15, 0.2) is 0 Å². The molecule has 0 aliphatic carbocycles. The van der Waals surface area contributed by atoms with E-state index < -0.39 is 0 Å². The zero-order valence-corrected chi connectivity index (χ0v) is 6.57. The molecule has 0 amide bonds. The summed E-state index contributed by atoms with van der Waals surface area (Å²) in [5.41, 5.74) is 4.23. The molecule has 0 bridgehead atoms. The Balaban J connectivity index is 3.21. The summed E-state index contributed by atoms with van der Waals surface area (Å²) in [6, 6.07) is 0. The van der Waals surface area contributed by atoms with Crippen molar-refractivity contribution >= 4 is 11.9 Å². The molecule has 8 heteroatoms. The Morgan fingerprint density at radius 2 is 1.25 bits per heavy atom. The molecule has 0 fully saturated rings. The van der Waals surface area contributed by atoms with Crippen LogP contribution in [0.1, 0.15) is 0 Å². The summed E-state index contributed by atoms with van der Waals surface area (Å²) in [6.45, 7) is 0.959. The molecule has 0 rings (SSSR count). The van der Waals surface area contributed by atoms with Gasteiger partial charge in [-0.25, -0.2) is 11.7 Å². The average molecular weight is 174 g/mol. The number of nitrogens with one attached hydrogen (secondary N) is 6. The van der Waals surface area contributed by atoms with Crippen LogP contribution >= 0.6 is 0 Å². The molecule has 8 nitrogen and oxygen atoms in total. The first-order valence-corrected chi connectivity index (χ1v) is 3.28. The van der Waals surface area contributed by atoms with Crippen LogP contribution in [-0.2, 0) is 0 Å². The second kappa shape index (κ2) is 6.19. The molecule has 0 spiro atoms. The highest BCUT2D eigenvalue weighted by atomic mass is 15.3. The van der Waals surface area contributed by atoms with Crippen LogP contribution in [0.25, 0.3) is 0 Å². The molecular weight excluding hydrogens is 160 g/mol. The van der Waals surface area contributed by atoms with Gasteiger partial charge < -0.3 is 10.6 Å².